The highest BCUT2D eigenvalue weighted by Crippen LogP contribution is 2.18. The van der Waals surface area contributed by atoms with Gasteiger partial charge in [0, 0.05) is 18.9 Å². The molecule has 1 aromatic rings. The van der Waals surface area contributed by atoms with Crippen molar-refractivity contribution >= 4 is 5.69 Å². The van der Waals surface area contributed by atoms with E-state index in [0.717, 1.165) is 30.8 Å². The van der Waals surface area contributed by atoms with Gasteiger partial charge in [0.15, 0.2) is 0 Å². The molecule has 0 amide bonds. The van der Waals surface area contributed by atoms with Crippen molar-refractivity contribution in [3.8, 4) is 5.75 Å². The van der Waals surface area contributed by atoms with E-state index in [-0.39, 0.29) is 6.10 Å². The lowest BCUT2D eigenvalue weighted by Crippen LogP contribution is -2.22. The van der Waals surface area contributed by atoms with Crippen LogP contribution in [0.1, 0.15) is 12.8 Å². The molecule has 0 aliphatic carbocycles. The number of hydrogen-bond donors (Lipinski definition) is 1. The lowest BCUT2D eigenvalue weighted by molar-refractivity contribution is 0.135. The number of allylic oxidation sites excluding steroid dienone is 1. The maximum absolute atomic E-state index is 5.57. The molecule has 0 aromatic heterocycles. The van der Waals surface area contributed by atoms with Crippen LogP contribution in [0.3, 0.4) is 0 Å². The molecule has 1 N–H and O–H groups in total. The summed E-state index contributed by atoms with van der Waals surface area (Å²) in [5, 5.41) is 3.38. The Kier molecular flexibility index (Phi) is 5.56. The molecule has 1 aromatic carbocycles. The molecule has 0 fully saturated rings. The maximum Gasteiger partial charge on any atom is 0.121 e. The van der Waals surface area contributed by atoms with Gasteiger partial charge in [-0.3, -0.25) is 0 Å². The minimum atomic E-state index is 0.253. The Morgan fingerprint density at radius 2 is 2.32 bits per heavy atom. The molecule has 1 atom stereocenters. The van der Waals surface area contributed by atoms with Crippen molar-refractivity contribution in [2.45, 2.75) is 18.9 Å². The lowest BCUT2D eigenvalue weighted by atomic mass is 10.1. The summed E-state index contributed by atoms with van der Waals surface area (Å²) in [6, 6.07) is 7.95. The molecule has 0 spiro atoms. The minimum absolute atomic E-state index is 0.253. The van der Waals surface area contributed by atoms with Gasteiger partial charge in [-0.2, -0.15) is 0 Å². The molecule has 0 radical (unpaired) electrons. The van der Waals surface area contributed by atoms with Crippen molar-refractivity contribution in [2.75, 3.05) is 32.2 Å². The first-order valence-corrected chi connectivity index (χ1v) is 6.64. The summed E-state index contributed by atoms with van der Waals surface area (Å²) in [6.45, 7) is 1.97. The van der Waals surface area contributed by atoms with Crippen molar-refractivity contribution in [1.82, 2.24) is 0 Å². The van der Waals surface area contributed by atoms with Gasteiger partial charge in [-0.1, -0.05) is 6.07 Å². The van der Waals surface area contributed by atoms with Gasteiger partial charge in [-0.15, -0.1) is 0 Å². The van der Waals surface area contributed by atoms with Gasteiger partial charge >= 0.3 is 0 Å². The van der Waals surface area contributed by atoms with Crippen molar-refractivity contribution < 1.29 is 14.2 Å². The zero-order chi connectivity index (χ0) is 13.3. The van der Waals surface area contributed by atoms with E-state index in [9.17, 15) is 0 Å². The normalized spacial score (nSPS) is 17.8. The van der Waals surface area contributed by atoms with Crippen molar-refractivity contribution in [3.05, 3.63) is 36.6 Å². The number of nitrogens with one attached hydrogen (secondary N) is 1. The summed E-state index contributed by atoms with van der Waals surface area (Å²) in [6.07, 6.45) is 6.25. The van der Waals surface area contributed by atoms with Crippen LogP contribution in [0.25, 0.3) is 0 Å². The molecule has 4 nitrogen and oxygen atoms in total. The highest BCUT2D eigenvalue weighted by Gasteiger charge is 2.10. The topological polar surface area (TPSA) is 39.7 Å². The largest absolute Gasteiger partial charge is 0.497 e. The van der Waals surface area contributed by atoms with Crippen LogP contribution < -0.4 is 10.1 Å². The summed E-state index contributed by atoms with van der Waals surface area (Å²) in [7, 11) is 1.67. The van der Waals surface area contributed by atoms with E-state index in [1.165, 1.54) is 0 Å². The third-order valence-corrected chi connectivity index (χ3v) is 2.95. The fourth-order valence-corrected chi connectivity index (χ4v) is 1.91. The van der Waals surface area contributed by atoms with Crippen LogP contribution in [0.5, 0.6) is 5.75 Å². The Hall–Kier alpha value is -1.68. The number of anilines is 1. The molecule has 4 heteroatoms. The smallest absolute Gasteiger partial charge is 0.121 e. The zero-order valence-corrected chi connectivity index (χ0v) is 11.3. The number of methoxy groups -OCH3 is 1. The molecule has 2 rings (SSSR count). The summed E-state index contributed by atoms with van der Waals surface area (Å²) < 4.78 is 16.0. The maximum atomic E-state index is 5.57. The molecule has 0 bridgehead atoms. The Morgan fingerprint density at radius 3 is 3.11 bits per heavy atom. The van der Waals surface area contributed by atoms with E-state index in [1.54, 1.807) is 13.4 Å². The molecule has 104 valence electrons. The van der Waals surface area contributed by atoms with E-state index < -0.39 is 0 Å². The first-order chi connectivity index (χ1) is 9.38. The van der Waals surface area contributed by atoms with Gasteiger partial charge in [0.25, 0.3) is 0 Å². The van der Waals surface area contributed by atoms with Crippen LogP contribution in [0.15, 0.2) is 36.6 Å². The Morgan fingerprint density at radius 1 is 1.37 bits per heavy atom. The summed E-state index contributed by atoms with van der Waals surface area (Å²) >= 11 is 0. The highest BCUT2D eigenvalue weighted by atomic mass is 16.5. The summed E-state index contributed by atoms with van der Waals surface area (Å²) in [5.41, 5.74) is 1.05. The average Bonchev–Trinajstić information content (AvgIpc) is 2.47. The van der Waals surface area contributed by atoms with Crippen LogP contribution in [-0.4, -0.2) is 33.0 Å². The SMILES string of the molecule is COCCOc1cccc(NCC2CCC=CO2)c1. The van der Waals surface area contributed by atoms with E-state index >= 15 is 0 Å². The molecule has 19 heavy (non-hydrogen) atoms. The van der Waals surface area contributed by atoms with Crippen LogP contribution in [0.2, 0.25) is 0 Å². The van der Waals surface area contributed by atoms with Gasteiger partial charge < -0.3 is 19.5 Å². The van der Waals surface area contributed by atoms with Gasteiger partial charge in [0.2, 0.25) is 0 Å². The van der Waals surface area contributed by atoms with Crippen molar-refractivity contribution in [1.29, 1.82) is 0 Å². The molecule has 1 aliphatic rings. The zero-order valence-electron chi connectivity index (χ0n) is 11.3. The molecule has 1 unspecified atom stereocenters. The van der Waals surface area contributed by atoms with E-state index in [1.807, 2.05) is 24.3 Å². The number of rotatable bonds is 7. The number of ether oxygens (including phenoxy) is 3. The second-order valence-corrected chi connectivity index (χ2v) is 4.46. The number of hydrogen-bond acceptors (Lipinski definition) is 4. The predicted molar refractivity (Wildman–Crippen MR) is 75.5 cm³/mol. The van der Waals surface area contributed by atoms with Crippen LogP contribution in [-0.2, 0) is 9.47 Å². The highest BCUT2D eigenvalue weighted by molar-refractivity contribution is 5.48. The van der Waals surface area contributed by atoms with Crippen molar-refractivity contribution in [2.24, 2.45) is 0 Å². The van der Waals surface area contributed by atoms with Gasteiger partial charge in [-0.05, 0) is 31.1 Å². The fourth-order valence-electron chi connectivity index (χ4n) is 1.91. The molecule has 1 heterocycles. The average molecular weight is 263 g/mol. The number of benzene rings is 1. The molecule has 0 saturated heterocycles. The second kappa shape index (κ2) is 7.69. The van der Waals surface area contributed by atoms with E-state index in [2.05, 4.69) is 11.4 Å². The Labute approximate surface area is 114 Å². The van der Waals surface area contributed by atoms with Gasteiger partial charge in [0.1, 0.15) is 18.5 Å². The first-order valence-electron chi connectivity index (χ1n) is 6.64. The molecular formula is C15H21NO3. The monoisotopic (exact) mass is 263 g/mol. The van der Waals surface area contributed by atoms with Gasteiger partial charge in [-0.25, -0.2) is 0 Å². The second-order valence-electron chi connectivity index (χ2n) is 4.46. The van der Waals surface area contributed by atoms with Gasteiger partial charge in [0.05, 0.1) is 19.4 Å². The fraction of sp³-hybridized carbons (Fsp3) is 0.467. The minimum Gasteiger partial charge on any atom is -0.497 e. The van der Waals surface area contributed by atoms with Crippen LogP contribution in [0, 0.1) is 0 Å². The van der Waals surface area contributed by atoms with Crippen molar-refractivity contribution in [3.63, 3.8) is 0 Å². The third kappa shape index (κ3) is 4.83. The van der Waals surface area contributed by atoms with Crippen LogP contribution in [0.4, 0.5) is 5.69 Å². The van der Waals surface area contributed by atoms with E-state index in [0.29, 0.717) is 13.2 Å². The molecule has 0 saturated carbocycles. The summed E-state index contributed by atoms with van der Waals surface area (Å²) in [4.78, 5) is 0. The lowest BCUT2D eigenvalue weighted by Gasteiger charge is -2.20. The first kappa shape index (κ1) is 13.7. The van der Waals surface area contributed by atoms with Crippen LogP contribution >= 0.6 is 0 Å². The molecular weight excluding hydrogens is 242 g/mol. The summed E-state index contributed by atoms with van der Waals surface area (Å²) in [5.74, 6) is 0.853. The Bertz CT molecular complexity index is 406. The Balaban J connectivity index is 1.79. The van der Waals surface area contributed by atoms with E-state index in [4.69, 9.17) is 14.2 Å². The third-order valence-electron chi connectivity index (χ3n) is 2.95. The standard InChI is InChI=1S/C15H21NO3/c1-17-9-10-19-14-7-4-5-13(11-14)16-12-15-6-2-3-8-18-15/h3-5,7-8,11,15-16H,2,6,9-10,12H2,1H3. The molecule has 1 aliphatic heterocycles. The predicted octanol–water partition coefficient (Wildman–Crippen LogP) is 2.82. The quantitative estimate of drug-likeness (QED) is 0.768.